The van der Waals surface area contributed by atoms with Crippen LogP contribution in [0.1, 0.15) is 5.56 Å². The SMILES string of the molecule is O=[N+]([O-])c1ccc(SC(=S)c2ccc(Br)cc2)cc1. The van der Waals surface area contributed by atoms with Crippen LogP contribution < -0.4 is 0 Å². The summed E-state index contributed by atoms with van der Waals surface area (Å²) in [5.41, 5.74) is 1.04. The molecule has 0 fully saturated rings. The largest absolute Gasteiger partial charge is 0.269 e. The predicted molar refractivity (Wildman–Crippen MR) is 84.8 cm³/mol. The number of rotatable bonds is 3. The van der Waals surface area contributed by atoms with E-state index in [2.05, 4.69) is 15.9 Å². The first-order valence-corrected chi connectivity index (χ1v) is 7.30. The van der Waals surface area contributed by atoms with E-state index in [1.807, 2.05) is 24.3 Å². The van der Waals surface area contributed by atoms with Crippen LogP contribution in [0.5, 0.6) is 0 Å². The quantitative estimate of drug-likeness (QED) is 0.343. The molecule has 19 heavy (non-hydrogen) atoms. The predicted octanol–water partition coefficient (Wildman–Crippen LogP) is 4.83. The fraction of sp³-hybridized carbons (Fsp3) is 0. The standard InChI is InChI=1S/C13H8BrNO2S2/c14-10-3-1-9(2-4-10)13(18)19-12-7-5-11(6-8-12)15(16)17/h1-8H. The molecule has 0 aliphatic heterocycles. The number of halogens is 1. The van der Waals surface area contributed by atoms with Gasteiger partial charge in [0.1, 0.15) is 0 Å². The minimum absolute atomic E-state index is 0.0823. The van der Waals surface area contributed by atoms with Gasteiger partial charge in [0.05, 0.1) is 9.12 Å². The molecule has 96 valence electrons. The average Bonchev–Trinajstić information content (AvgIpc) is 2.40. The Balaban J connectivity index is 2.10. The molecule has 0 aliphatic carbocycles. The number of thioether (sulfide) groups is 1. The molecule has 0 aromatic heterocycles. The highest BCUT2D eigenvalue weighted by Crippen LogP contribution is 2.26. The number of hydrogen-bond donors (Lipinski definition) is 0. The van der Waals surface area contributed by atoms with Gasteiger partial charge >= 0.3 is 0 Å². The van der Waals surface area contributed by atoms with Gasteiger partial charge in [-0.15, -0.1) is 0 Å². The third kappa shape index (κ3) is 3.86. The van der Waals surface area contributed by atoms with Crippen molar-refractivity contribution in [2.24, 2.45) is 0 Å². The second kappa shape index (κ2) is 6.27. The van der Waals surface area contributed by atoms with E-state index in [-0.39, 0.29) is 5.69 Å². The van der Waals surface area contributed by atoms with Crippen molar-refractivity contribution >= 4 is 49.8 Å². The summed E-state index contributed by atoms with van der Waals surface area (Å²) in [6.07, 6.45) is 0. The van der Waals surface area contributed by atoms with E-state index in [0.717, 1.165) is 19.1 Å². The Kier molecular flexibility index (Phi) is 4.68. The lowest BCUT2D eigenvalue weighted by atomic mass is 10.2. The summed E-state index contributed by atoms with van der Waals surface area (Å²) < 4.78 is 1.74. The minimum Gasteiger partial charge on any atom is -0.258 e. The van der Waals surface area contributed by atoms with E-state index in [4.69, 9.17) is 12.2 Å². The fourth-order valence-corrected chi connectivity index (χ4v) is 2.82. The maximum Gasteiger partial charge on any atom is 0.269 e. The summed E-state index contributed by atoms with van der Waals surface area (Å²) in [5, 5.41) is 10.6. The van der Waals surface area contributed by atoms with Crippen LogP contribution in [-0.4, -0.2) is 9.12 Å². The molecular formula is C13H8BrNO2S2. The molecule has 6 heteroatoms. The number of nitrogens with zero attached hydrogens (tertiary/aromatic N) is 1. The molecule has 3 nitrogen and oxygen atoms in total. The Labute approximate surface area is 128 Å². The second-order valence-electron chi connectivity index (χ2n) is 3.65. The maximum atomic E-state index is 10.6. The Morgan fingerprint density at radius 1 is 1.11 bits per heavy atom. The first kappa shape index (κ1) is 14.2. The third-order valence-electron chi connectivity index (χ3n) is 2.34. The number of nitro groups is 1. The van der Waals surface area contributed by atoms with Crippen molar-refractivity contribution in [2.45, 2.75) is 4.90 Å². The normalized spacial score (nSPS) is 10.2. The van der Waals surface area contributed by atoms with Crippen LogP contribution in [0.2, 0.25) is 0 Å². The highest BCUT2D eigenvalue weighted by Gasteiger charge is 2.07. The topological polar surface area (TPSA) is 43.1 Å². The molecular weight excluding hydrogens is 346 g/mol. The maximum absolute atomic E-state index is 10.6. The minimum atomic E-state index is -0.415. The zero-order valence-electron chi connectivity index (χ0n) is 9.58. The third-order valence-corrected chi connectivity index (χ3v) is 4.28. The van der Waals surface area contributed by atoms with Crippen molar-refractivity contribution < 1.29 is 4.92 Å². The summed E-state index contributed by atoms with van der Waals surface area (Å²) in [4.78, 5) is 11.0. The molecule has 2 rings (SSSR count). The van der Waals surface area contributed by atoms with Gasteiger partial charge in [-0.05, 0) is 29.8 Å². The molecule has 0 bridgehead atoms. The van der Waals surface area contributed by atoms with Crippen molar-refractivity contribution in [3.05, 3.63) is 68.7 Å². The summed E-state index contributed by atoms with van der Waals surface area (Å²) in [5.74, 6) is 0. The Bertz CT molecular complexity index is 612. The van der Waals surface area contributed by atoms with Gasteiger partial charge in [-0.25, -0.2) is 0 Å². The van der Waals surface area contributed by atoms with Crippen LogP contribution in [0.25, 0.3) is 0 Å². The molecule has 0 spiro atoms. The molecule has 0 amide bonds. The van der Waals surface area contributed by atoms with Gasteiger partial charge < -0.3 is 0 Å². The molecule has 0 radical (unpaired) electrons. The van der Waals surface area contributed by atoms with Gasteiger partial charge in [-0.2, -0.15) is 0 Å². The van der Waals surface area contributed by atoms with Crippen LogP contribution in [0, 0.1) is 10.1 Å². The van der Waals surface area contributed by atoms with Gasteiger partial charge in [-0.1, -0.05) is 52.0 Å². The fourth-order valence-electron chi connectivity index (χ4n) is 1.39. The van der Waals surface area contributed by atoms with Crippen molar-refractivity contribution in [1.29, 1.82) is 0 Å². The van der Waals surface area contributed by atoms with Gasteiger partial charge in [0, 0.05) is 21.5 Å². The number of nitro benzene ring substituents is 1. The Morgan fingerprint density at radius 3 is 2.21 bits per heavy atom. The van der Waals surface area contributed by atoms with E-state index < -0.39 is 4.92 Å². The van der Waals surface area contributed by atoms with E-state index in [1.54, 1.807) is 12.1 Å². The summed E-state index contributed by atoms with van der Waals surface area (Å²) in [6, 6.07) is 14.1. The van der Waals surface area contributed by atoms with Crippen LogP contribution in [-0.2, 0) is 0 Å². The summed E-state index contributed by atoms with van der Waals surface area (Å²) >= 11 is 10.1. The van der Waals surface area contributed by atoms with E-state index in [1.165, 1.54) is 23.9 Å². The molecule has 0 atom stereocenters. The van der Waals surface area contributed by atoms with Crippen LogP contribution in [0.4, 0.5) is 5.69 Å². The average molecular weight is 354 g/mol. The number of thiocarbonyl (C=S) groups is 1. The first-order valence-electron chi connectivity index (χ1n) is 5.28. The van der Waals surface area contributed by atoms with E-state index in [0.29, 0.717) is 0 Å². The monoisotopic (exact) mass is 353 g/mol. The van der Waals surface area contributed by atoms with Crippen LogP contribution in [0.15, 0.2) is 57.9 Å². The van der Waals surface area contributed by atoms with E-state index in [9.17, 15) is 10.1 Å². The van der Waals surface area contributed by atoms with Crippen LogP contribution >= 0.6 is 39.9 Å². The molecule has 0 aliphatic rings. The van der Waals surface area contributed by atoms with Crippen LogP contribution in [0.3, 0.4) is 0 Å². The Morgan fingerprint density at radius 2 is 1.68 bits per heavy atom. The van der Waals surface area contributed by atoms with E-state index >= 15 is 0 Å². The molecule has 0 heterocycles. The molecule has 2 aromatic carbocycles. The smallest absolute Gasteiger partial charge is 0.258 e. The van der Waals surface area contributed by atoms with Gasteiger partial charge in [0.25, 0.3) is 5.69 Å². The summed E-state index contributed by atoms with van der Waals surface area (Å²) in [6.45, 7) is 0. The molecule has 0 N–H and O–H groups in total. The lowest BCUT2D eigenvalue weighted by Gasteiger charge is -2.04. The van der Waals surface area contributed by atoms with Gasteiger partial charge in [-0.3, -0.25) is 10.1 Å². The highest BCUT2D eigenvalue weighted by molar-refractivity contribution is 9.10. The van der Waals surface area contributed by atoms with Gasteiger partial charge in [0.15, 0.2) is 0 Å². The summed E-state index contributed by atoms with van der Waals surface area (Å²) in [7, 11) is 0. The molecule has 0 saturated carbocycles. The zero-order chi connectivity index (χ0) is 13.8. The van der Waals surface area contributed by atoms with Gasteiger partial charge in [0.2, 0.25) is 0 Å². The number of benzene rings is 2. The highest BCUT2D eigenvalue weighted by atomic mass is 79.9. The number of non-ortho nitro benzene ring substituents is 1. The van der Waals surface area contributed by atoms with Crippen molar-refractivity contribution in [1.82, 2.24) is 0 Å². The second-order valence-corrected chi connectivity index (χ2v) is 6.31. The van der Waals surface area contributed by atoms with Crippen molar-refractivity contribution in [3.8, 4) is 0 Å². The van der Waals surface area contributed by atoms with Crippen molar-refractivity contribution in [2.75, 3.05) is 0 Å². The molecule has 2 aromatic rings. The lowest BCUT2D eigenvalue weighted by molar-refractivity contribution is -0.384. The molecule has 0 saturated heterocycles. The zero-order valence-corrected chi connectivity index (χ0v) is 12.8. The molecule has 0 unspecified atom stereocenters. The Hall–Kier alpha value is -1.24. The number of hydrogen-bond acceptors (Lipinski definition) is 4. The van der Waals surface area contributed by atoms with Crippen molar-refractivity contribution in [3.63, 3.8) is 0 Å². The lowest BCUT2D eigenvalue weighted by Crippen LogP contribution is -1.91. The first-order chi connectivity index (χ1) is 9.06.